The first-order valence-corrected chi connectivity index (χ1v) is 10.7. The molecule has 2 aromatic heterocycles. The van der Waals surface area contributed by atoms with Gasteiger partial charge in [-0.2, -0.15) is 18.3 Å². The van der Waals surface area contributed by atoms with Gasteiger partial charge in [0, 0.05) is 24.0 Å². The van der Waals surface area contributed by atoms with Crippen LogP contribution < -0.4 is 10.6 Å². The molecule has 1 atom stereocenters. The van der Waals surface area contributed by atoms with Crippen LogP contribution in [-0.4, -0.2) is 34.4 Å². The molecule has 0 saturated heterocycles. The van der Waals surface area contributed by atoms with Crippen LogP contribution in [0.15, 0.2) is 48.9 Å². The van der Waals surface area contributed by atoms with Crippen LogP contribution in [-0.2, 0) is 15.7 Å². The van der Waals surface area contributed by atoms with Crippen LogP contribution in [0.5, 0.6) is 0 Å². The van der Waals surface area contributed by atoms with Crippen molar-refractivity contribution in [3.05, 3.63) is 65.9 Å². The number of pyridine rings is 1. The number of hydrogen-bond acceptors (Lipinski definition) is 6. The number of esters is 1. The Morgan fingerprint density at radius 3 is 2.53 bits per heavy atom. The zero-order valence-electron chi connectivity index (χ0n) is 18.7. The Kier molecular flexibility index (Phi) is 8.08. The van der Waals surface area contributed by atoms with Gasteiger partial charge < -0.3 is 15.4 Å². The number of carbonyl (C=O) groups is 1. The van der Waals surface area contributed by atoms with E-state index >= 15 is 0 Å². The lowest BCUT2D eigenvalue weighted by Gasteiger charge is -2.21. The Morgan fingerprint density at radius 1 is 1.18 bits per heavy atom. The molecule has 0 aliphatic carbocycles. The summed E-state index contributed by atoms with van der Waals surface area (Å²) in [6, 6.07) is 7.62. The van der Waals surface area contributed by atoms with E-state index in [-0.39, 0.29) is 24.2 Å². The van der Waals surface area contributed by atoms with Gasteiger partial charge in [0.15, 0.2) is 5.82 Å². The van der Waals surface area contributed by atoms with Gasteiger partial charge in [0.2, 0.25) is 0 Å². The predicted molar refractivity (Wildman–Crippen MR) is 119 cm³/mol. The van der Waals surface area contributed by atoms with E-state index in [1.165, 1.54) is 25.4 Å². The molecule has 0 aliphatic rings. The number of halogens is 4. The molecule has 11 heteroatoms. The second-order valence-corrected chi connectivity index (χ2v) is 7.55. The quantitative estimate of drug-likeness (QED) is 0.301. The molecule has 0 fully saturated rings. The number of nitrogens with one attached hydrogen (secondary N) is 2. The van der Waals surface area contributed by atoms with E-state index in [1.807, 2.05) is 6.92 Å². The van der Waals surface area contributed by atoms with Gasteiger partial charge in [0.25, 0.3) is 0 Å². The van der Waals surface area contributed by atoms with Crippen molar-refractivity contribution in [3.63, 3.8) is 0 Å². The molecular formula is C23H25F4N5O2. The van der Waals surface area contributed by atoms with Gasteiger partial charge in [-0.1, -0.05) is 19.4 Å². The highest BCUT2D eigenvalue weighted by Gasteiger charge is 2.32. The fraction of sp³-hybridized carbons (Fsp3) is 0.348. The van der Waals surface area contributed by atoms with Crippen molar-refractivity contribution in [3.8, 4) is 5.82 Å². The summed E-state index contributed by atoms with van der Waals surface area (Å²) in [5.74, 6) is -0.541. The normalized spacial score (nSPS) is 12.3. The summed E-state index contributed by atoms with van der Waals surface area (Å²) in [5.41, 5.74) is 0.735. The highest BCUT2D eigenvalue weighted by molar-refractivity contribution is 5.69. The molecule has 0 bridgehead atoms. The largest absolute Gasteiger partial charge is 0.469 e. The standard InChI is InChI=1S/C23H25F4N5O2/c1-3-4-20(18-7-5-16(11-19(18)24)28-10-9-22(33)34-2)31-17-6-8-21(29-13-17)32-14-15(12-30-32)23(25,26)27/h5-8,11-14,20,28,31H,3-4,9-10H2,1-2H3. The zero-order valence-corrected chi connectivity index (χ0v) is 18.7. The maximum atomic E-state index is 14.9. The highest BCUT2D eigenvalue weighted by atomic mass is 19.4. The summed E-state index contributed by atoms with van der Waals surface area (Å²) in [7, 11) is 1.31. The number of methoxy groups -OCH3 is 1. The molecule has 2 N–H and O–H groups in total. The van der Waals surface area contributed by atoms with Crippen molar-refractivity contribution in [2.24, 2.45) is 0 Å². The Bertz CT molecular complexity index is 1100. The maximum absolute atomic E-state index is 14.9. The second kappa shape index (κ2) is 11.0. The third-order valence-corrected chi connectivity index (χ3v) is 5.07. The number of rotatable bonds is 10. The molecule has 0 spiro atoms. The number of anilines is 2. The van der Waals surface area contributed by atoms with Crippen LogP contribution in [0.1, 0.15) is 43.4 Å². The fourth-order valence-electron chi connectivity index (χ4n) is 3.33. The van der Waals surface area contributed by atoms with Crippen molar-refractivity contribution < 1.29 is 27.1 Å². The first kappa shape index (κ1) is 25.0. The van der Waals surface area contributed by atoms with E-state index in [4.69, 9.17) is 0 Å². The van der Waals surface area contributed by atoms with Crippen LogP contribution in [0.2, 0.25) is 0 Å². The summed E-state index contributed by atoms with van der Waals surface area (Å²) < 4.78 is 58.9. The molecule has 3 aromatic rings. The van der Waals surface area contributed by atoms with Crippen LogP contribution in [0.4, 0.5) is 28.9 Å². The molecule has 0 saturated carbocycles. The topological polar surface area (TPSA) is 81.1 Å². The number of aromatic nitrogens is 3. The number of hydrogen-bond donors (Lipinski definition) is 2. The first-order valence-electron chi connectivity index (χ1n) is 10.7. The molecular weight excluding hydrogens is 454 g/mol. The van der Waals surface area contributed by atoms with E-state index in [2.05, 4.69) is 25.5 Å². The van der Waals surface area contributed by atoms with Gasteiger partial charge in [0.05, 0.1) is 43.2 Å². The molecule has 2 heterocycles. The molecule has 1 aromatic carbocycles. The first-order chi connectivity index (χ1) is 16.2. The molecule has 182 valence electrons. The van der Waals surface area contributed by atoms with E-state index in [0.717, 1.165) is 23.5 Å². The minimum atomic E-state index is -4.48. The van der Waals surface area contributed by atoms with Crippen LogP contribution in [0, 0.1) is 5.82 Å². The van der Waals surface area contributed by atoms with E-state index in [1.54, 1.807) is 18.2 Å². The van der Waals surface area contributed by atoms with Crippen molar-refractivity contribution in [2.75, 3.05) is 24.3 Å². The van der Waals surface area contributed by atoms with Gasteiger partial charge in [0.1, 0.15) is 5.82 Å². The fourth-order valence-corrected chi connectivity index (χ4v) is 3.33. The van der Waals surface area contributed by atoms with Gasteiger partial charge in [-0.3, -0.25) is 4.79 Å². The minimum absolute atomic E-state index is 0.166. The van der Waals surface area contributed by atoms with Crippen molar-refractivity contribution >= 4 is 17.3 Å². The lowest BCUT2D eigenvalue weighted by Crippen LogP contribution is -2.14. The van der Waals surface area contributed by atoms with Crippen LogP contribution in [0.25, 0.3) is 5.82 Å². The summed E-state index contributed by atoms with van der Waals surface area (Å²) in [4.78, 5) is 15.4. The van der Waals surface area contributed by atoms with Gasteiger partial charge in [-0.25, -0.2) is 14.1 Å². The van der Waals surface area contributed by atoms with Crippen molar-refractivity contribution in [2.45, 2.75) is 38.4 Å². The third-order valence-electron chi connectivity index (χ3n) is 5.07. The average Bonchev–Trinajstić information content (AvgIpc) is 3.30. The Labute approximate surface area is 194 Å². The number of alkyl halides is 3. The maximum Gasteiger partial charge on any atom is 0.419 e. The van der Waals surface area contributed by atoms with Crippen molar-refractivity contribution in [1.82, 2.24) is 14.8 Å². The second-order valence-electron chi connectivity index (χ2n) is 7.55. The molecule has 7 nitrogen and oxygen atoms in total. The molecule has 0 amide bonds. The molecule has 1 unspecified atom stereocenters. The Hall–Kier alpha value is -3.63. The van der Waals surface area contributed by atoms with Crippen LogP contribution in [0.3, 0.4) is 0 Å². The lowest BCUT2D eigenvalue weighted by atomic mass is 10.0. The Morgan fingerprint density at radius 2 is 1.94 bits per heavy atom. The summed E-state index contributed by atoms with van der Waals surface area (Å²) in [5, 5.41) is 9.93. The van der Waals surface area contributed by atoms with E-state index in [0.29, 0.717) is 29.9 Å². The zero-order chi connectivity index (χ0) is 24.7. The van der Waals surface area contributed by atoms with E-state index in [9.17, 15) is 22.4 Å². The number of benzene rings is 1. The molecule has 0 aliphatic heterocycles. The number of ether oxygens (including phenoxy) is 1. The Balaban J connectivity index is 1.70. The van der Waals surface area contributed by atoms with Gasteiger partial charge in [-0.05, 0) is 30.7 Å². The van der Waals surface area contributed by atoms with Gasteiger partial charge in [-0.15, -0.1) is 0 Å². The molecule has 3 rings (SSSR count). The number of nitrogens with zero attached hydrogens (tertiary/aromatic N) is 3. The van der Waals surface area contributed by atoms with Crippen LogP contribution >= 0.6 is 0 Å². The summed E-state index contributed by atoms with van der Waals surface area (Å²) in [6.45, 7) is 2.30. The van der Waals surface area contributed by atoms with Gasteiger partial charge >= 0.3 is 12.1 Å². The minimum Gasteiger partial charge on any atom is -0.469 e. The highest BCUT2D eigenvalue weighted by Crippen LogP contribution is 2.30. The van der Waals surface area contributed by atoms with Crippen molar-refractivity contribution in [1.29, 1.82) is 0 Å². The predicted octanol–water partition coefficient (Wildman–Crippen LogP) is 5.35. The third kappa shape index (κ3) is 6.46. The monoisotopic (exact) mass is 479 g/mol. The summed E-state index contributed by atoms with van der Waals surface area (Å²) >= 11 is 0. The van der Waals surface area contributed by atoms with E-state index < -0.39 is 17.6 Å². The lowest BCUT2D eigenvalue weighted by molar-refractivity contribution is -0.140. The summed E-state index contributed by atoms with van der Waals surface area (Å²) in [6.07, 6.45) is 0.181. The smallest absolute Gasteiger partial charge is 0.419 e. The SMILES string of the molecule is CCCC(Nc1ccc(-n2cc(C(F)(F)F)cn2)nc1)c1ccc(NCCC(=O)OC)cc1F. The average molecular weight is 479 g/mol. The number of carbonyl (C=O) groups excluding carboxylic acids is 1. The molecule has 0 radical (unpaired) electrons. The molecule has 34 heavy (non-hydrogen) atoms.